The van der Waals surface area contributed by atoms with Crippen LogP contribution in [0.3, 0.4) is 0 Å². The molecule has 0 aliphatic carbocycles. The van der Waals surface area contributed by atoms with Crippen molar-refractivity contribution in [3.05, 3.63) is 23.8 Å². The molecule has 0 saturated heterocycles. The first kappa shape index (κ1) is 14.3. The van der Waals surface area contributed by atoms with Crippen molar-refractivity contribution in [1.29, 1.82) is 0 Å². The molecular weight excluding hydrogens is 256 g/mol. The number of hydrogen-bond acceptors (Lipinski definition) is 5. The van der Waals surface area contributed by atoms with Gasteiger partial charge in [0, 0.05) is 5.69 Å². The number of ether oxygens (including phenoxy) is 1. The van der Waals surface area contributed by atoms with E-state index < -0.39 is 21.2 Å². The SMILES string of the molecule is COC(=O)C(C)S(=O)(=O)Nc1cc(N)ccc1C. The summed E-state index contributed by atoms with van der Waals surface area (Å²) < 4.78 is 30.6. The van der Waals surface area contributed by atoms with Crippen LogP contribution in [0.5, 0.6) is 0 Å². The smallest absolute Gasteiger partial charge is 0.325 e. The van der Waals surface area contributed by atoms with Crippen LogP contribution in [-0.2, 0) is 19.6 Å². The molecule has 0 aliphatic heterocycles. The Morgan fingerprint density at radius 3 is 2.61 bits per heavy atom. The fourth-order valence-electron chi connectivity index (χ4n) is 1.28. The van der Waals surface area contributed by atoms with Gasteiger partial charge < -0.3 is 10.5 Å². The van der Waals surface area contributed by atoms with Crippen LogP contribution in [0.2, 0.25) is 0 Å². The molecule has 0 amide bonds. The van der Waals surface area contributed by atoms with E-state index in [1.165, 1.54) is 13.0 Å². The van der Waals surface area contributed by atoms with E-state index in [2.05, 4.69) is 9.46 Å². The van der Waals surface area contributed by atoms with E-state index in [0.29, 0.717) is 16.9 Å². The van der Waals surface area contributed by atoms with Crippen LogP contribution < -0.4 is 10.5 Å². The number of benzene rings is 1. The maximum absolute atomic E-state index is 11.9. The Morgan fingerprint density at radius 2 is 2.06 bits per heavy atom. The summed E-state index contributed by atoms with van der Waals surface area (Å²) in [5.41, 5.74) is 7.08. The Morgan fingerprint density at radius 1 is 1.44 bits per heavy atom. The standard InChI is InChI=1S/C11H16N2O4S/c1-7-4-5-9(12)6-10(7)13-18(15,16)8(2)11(14)17-3/h4-6,8,13H,12H2,1-3H3. The van der Waals surface area contributed by atoms with Crippen molar-refractivity contribution in [3.8, 4) is 0 Å². The van der Waals surface area contributed by atoms with Gasteiger partial charge in [-0.1, -0.05) is 6.07 Å². The van der Waals surface area contributed by atoms with E-state index in [-0.39, 0.29) is 0 Å². The molecule has 1 rings (SSSR count). The second-order valence-electron chi connectivity index (χ2n) is 3.89. The summed E-state index contributed by atoms with van der Waals surface area (Å²) in [6, 6.07) is 4.85. The van der Waals surface area contributed by atoms with Crippen LogP contribution >= 0.6 is 0 Å². The lowest BCUT2D eigenvalue weighted by Gasteiger charge is -2.14. The highest BCUT2D eigenvalue weighted by Crippen LogP contribution is 2.20. The van der Waals surface area contributed by atoms with E-state index in [9.17, 15) is 13.2 Å². The average Bonchev–Trinajstić information content (AvgIpc) is 2.31. The van der Waals surface area contributed by atoms with Gasteiger partial charge >= 0.3 is 5.97 Å². The summed E-state index contributed by atoms with van der Waals surface area (Å²) in [6.45, 7) is 3.00. The summed E-state index contributed by atoms with van der Waals surface area (Å²) in [7, 11) is -2.71. The number of carbonyl (C=O) groups is 1. The third kappa shape index (κ3) is 3.13. The van der Waals surface area contributed by atoms with Gasteiger partial charge in [0.25, 0.3) is 0 Å². The number of nitrogen functional groups attached to an aromatic ring is 1. The maximum atomic E-state index is 11.9. The lowest BCUT2D eigenvalue weighted by atomic mass is 10.2. The lowest BCUT2D eigenvalue weighted by Crippen LogP contribution is -2.33. The van der Waals surface area contributed by atoms with Crippen LogP contribution in [0.4, 0.5) is 11.4 Å². The van der Waals surface area contributed by atoms with E-state index in [4.69, 9.17) is 5.73 Å². The molecule has 0 fully saturated rings. The number of nitrogens with two attached hydrogens (primary N) is 1. The summed E-state index contributed by atoms with van der Waals surface area (Å²) >= 11 is 0. The van der Waals surface area contributed by atoms with E-state index in [1.807, 2.05) is 0 Å². The molecule has 1 aromatic carbocycles. The Hall–Kier alpha value is -1.76. The number of methoxy groups -OCH3 is 1. The normalized spacial score (nSPS) is 12.8. The number of aryl methyl sites for hydroxylation is 1. The number of anilines is 2. The minimum Gasteiger partial charge on any atom is -0.468 e. The minimum atomic E-state index is -3.84. The number of hydrogen-bond donors (Lipinski definition) is 2. The van der Waals surface area contributed by atoms with Gasteiger partial charge in [-0.25, -0.2) is 8.42 Å². The first-order valence-electron chi connectivity index (χ1n) is 5.23. The molecule has 7 heteroatoms. The zero-order valence-electron chi connectivity index (χ0n) is 10.4. The quantitative estimate of drug-likeness (QED) is 0.626. The Bertz CT molecular complexity index is 554. The van der Waals surface area contributed by atoms with Crippen molar-refractivity contribution in [3.63, 3.8) is 0 Å². The lowest BCUT2D eigenvalue weighted by molar-refractivity contribution is -0.139. The fourth-order valence-corrected chi connectivity index (χ4v) is 2.34. The molecule has 1 unspecified atom stereocenters. The number of esters is 1. The highest BCUT2D eigenvalue weighted by molar-refractivity contribution is 7.94. The molecule has 0 heterocycles. The number of sulfonamides is 1. The van der Waals surface area contributed by atoms with Crippen molar-refractivity contribution in [2.45, 2.75) is 19.1 Å². The Labute approximate surface area is 106 Å². The third-order valence-electron chi connectivity index (χ3n) is 2.51. The topological polar surface area (TPSA) is 98.5 Å². The largest absolute Gasteiger partial charge is 0.468 e. The van der Waals surface area contributed by atoms with Crippen LogP contribution in [0.15, 0.2) is 18.2 Å². The molecule has 0 saturated carbocycles. The molecule has 6 nitrogen and oxygen atoms in total. The van der Waals surface area contributed by atoms with Gasteiger partial charge in [0.05, 0.1) is 12.8 Å². The maximum Gasteiger partial charge on any atom is 0.325 e. The minimum absolute atomic E-state index is 0.353. The van der Waals surface area contributed by atoms with Gasteiger partial charge in [-0.15, -0.1) is 0 Å². The third-order valence-corrected chi connectivity index (χ3v) is 4.14. The predicted molar refractivity (Wildman–Crippen MR) is 69.6 cm³/mol. The first-order valence-corrected chi connectivity index (χ1v) is 6.78. The van der Waals surface area contributed by atoms with Crippen molar-refractivity contribution in [2.75, 3.05) is 17.6 Å². The van der Waals surface area contributed by atoms with Crippen molar-refractivity contribution >= 4 is 27.4 Å². The monoisotopic (exact) mass is 272 g/mol. The molecule has 0 bridgehead atoms. The van der Waals surface area contributed by atoms with Crippen LogP contribution in [-0.4, -0.2) is 26.7 Å². The predicted octanol–water partition coefficient (Wildman–Crippen LogP) is 0.880. The molecule has 0 radical (unpaired) electrons. The Kier molecular flexibility index (Phi) is 4.18. The number of carbonyl (C=O) groups excluding carboxylic acids is 1. The molecule has 0 spiro atoms. The van der Waals surface area contributed by atoms with Gasteiger partial charge in [-0.3, -0.25) is 9.52 Å². The van der Waals surface area contributed by atoms with Gasteiger partial charge in [0.1, 0.15) is 0 Å². The molecular formula is C11H16N2O4S. The molecule has 0 aliphatic rings. The highest BCUT2D eigenvalue weighted by atomic mass is 32.2. The second kappa shape index (κ2) is 5.26. The van der Waals surface area contributed by atoms with Gasteiger partial charge in [-0.2, -0.15) is 0 Å². The second-order valence-corrected chi connectivity index (χ2v) is 5.89. The van der Waals surface area contributed by atoms with E-state index in [0.717, 1.165) is 7.11 Å². The molecule has 18 heavy (non-hydrogen) atoms. The average molecular weight is 272 g/mol. The summed E-state index contributed by atoms with van der Waals surface area (Å²) in [6.07, 6.45) is 0. The van der Waals surface area contributed by atoms with Crippen LogP contribution in [0, 0.1) is 6.92 Å². The van der Waals surface area contributed by atoms with Crippen molar-refractivity contribution in [2.24, 2.45) is 0 Å². The highest BCUT2D eigenvalue weighted by Gasteiger charge is 2.29. The summed E-state index contributed by atoms with van der Waals surface area (Å²) in [5.74, 6) is -0.816. The van der Waals surface area contributed by atoms with Gasteiger partial charge in [-0.05, 0) is 31.5 Å². The molecule has 1 atom stereocenters. The zero-order chi connectivity index (χ0) is 13.9. The molecule has 0 aromatic heterocycles. The molecule has 1 aromatic rings. The van der Waals surface area contributed by atoms with Crippen LogP contribution in [0.1, 0.15) is 12.5 Å². The van der Waals surface area contributed by atoms with Gasteiger partial charge in [0.2, 0.25) is 10.0 Å². The fraction of sp³-hybridized carbons (Fsp3) is 0.364. The van der Waals surface area contributed by atoms with E-state index in [1.54, 1.807) is 19.1 Å². The molecule has 100 valence electrons. The van der Waals surface area contributed by atoms with Crippen LogP contribution in [0.25, 0.3) is 0 Å². The zero-order valence-corrected chi connectivity index (χ0v) is 11.2. The van der Waals surface area contributed by atoms with Crippen molar-refractivity contribution in [1.82, 2.24) is 0 Å². The number of rotatable bonds is 4. The Balaban J connectivity index is 3.02. The summed E-state index contributed by atoms with van der Waals surface area (Å²) in [5, 5.41) is -1.29. The molecule has 3 N–H and O–H groups in total. The van der Waals surface area contributed by atoms with E-state index >= 15 is 0 Å². The van der Waals surface area contributed by atoms with Crippen molar-refractivity contribution < 1.29 is 17.9 Å². The number of nitrogens with one attached hydrogen (secondary N) is 1. The first-order chi connectivity index (χ1) is 8.27. The van der Waals surface area contributed by atoms with Gasteiger partial charge in [0.15, 0.2) is 5.25 Å². The summed E-state index contributed by atoms with van der Waals surface area (Å²) in [4.78, 5) is 11.2.